The van der Waals surface area contributed by atoms with E-state index < -0.39 is 5.97 Å². The summed E-state index contributed by atoms with van der Waals surface area (Å²) in [6, 6.07) is 17.5. The first-order valence-corrected chi connectivity index (χ1v) is 11.5. The van der Waals surface area contributed by atoms with Crippen molar-refractivity contribution in [1.82, 2.24) is 0 Å². The smallest absolute Gasteiger partial charge is 0.336 e. The van der Waals surface area contributed by atoms with Gasteiger partial charge in [-0.1, -0.05) is 64.1 Å². The van der Waals surface area contributed by atoms with Crippen LogP contribution in [0.25, 0.3) is 0 Å². The Hall–Kier alpha value is -3.27. The minimum Gasteiger partial charge on any atom is -0.489 e. The highest BCUT2D eigenvalue weighted by Gasteiger charge is 2.15. The maximum absolute atomic E-state index is 11.6. The van der Waals surface area contributed by atoms with Gasteiger partial charge in [0.25, 0.3) is 0 Å². The molecule has 0 aromatic heterocycles. The van der Waals surface area contributed by atoms with E-state index in [1.807, 2.05) is 30.3 Å². The normalized spacial score (nSPS) is 11.2. The number of carbonyl (C=O) groups is 1. The highest BCUT2D eigenvalue weighted by Crippen LogP contribution is 2.29. The SMILES string of the molecule is Cc1cc(COc2cccc(OCc3cccc(C)c3C(=O)O)c2)c(C(C)C)cc1C(C)C. The minimum absolute atomic E-state index is 0.181. The Morgan fingerprint density at radius 2 is 1.33 bits per heavy atom. The van der Waals surface area contributed by atoms with Gasteiger partial charge in [0.1, 0.15) is 24.7 Å². The van der Waals surface area contributed by atoms with Crippen LogP contribution in [0.2, 0.25) is 0 Å². The Morgan fingerprint density at radius 1 is 0.758 bits per heavy atom. The summed E-state index contributed by atoms with van der Waals surface area (Å²) in [5.74, 6) is 1.32. The third-order valence-corrected chi connectivity index (χ3v) is 5.94. The zero-order valence-corrected chi connectivity index (χ0v) is 20.4. The van der Waals surface area contributed by atoms with Gasteiger partial charge in [0, 0.05) is 11.6 Å². The molecule has 0 unspecified atom stereocenters. The number of hydrogen-bond donors (Lipinski definition) is 1. The number of aromatic carboxylic acids is 1. The summed E-state index contributed by atoms with van der Waals surface area (Å²) in [5, 5.41) is 9.52. The van der Waals surface area contributed by atoms with Gasteiger partial charge in [0.05, 0.1) is 5.56 Å². The monoisotopic (exact) mass is 446 g/mol. The molecule has 0 bridgehead atoms. The Bertz CT molecular complexity index is 1130. The second-order valence-electron chi connectivity index (χ2n) is 9.18. The first-order valence-electron chi connectivity index (χ1n) is 11.5. The highest BCUT2D eigenvalue weighted by molar-refractivity contribution is 5.91. The molecule has 0 atom stereocenters. The number of aryl methyl sites for hydroxylation is 2. The number of carboxylic acids is 1. The van der Waals surface area contributed by atoms with Crippen LogP contribution in [0, 0.1) is 13.8 Å². The lowest BCUT2D eigenvalue weighted by atomic mass is 9.88. The van der Waals surface area contributed by atoms with Crippen LogP contribution in [0.15, 0.2) is 54.6 Å². The number of carboxylic acid groups (broad SMARTS) is 1. The standard InChI is InChI=1S/C29H34O4/c1-18(2)26-15-27(19(3)4)23(13-21(26)6)17-33-25-12-8-11-24(14-25)32-16-22-10-7-9-20(5)28(22)29(30)31/h7-15,18-19H,16-17H2,1-6H3,(H,30,31). The van der Waals surface area contributed by atoms with Gasteiger partial charge in [-0.15, -0.1) is 0 Å². The fourth-order valence-corrected chi connectivity index (χ4v) is 4.22. The molecule has 33 heavy (non-hydrogen) atoms. The van der Waals surface area contributed by atoms with E-state index in [2.05, 4.69) is 46.8 Å². The third-order valence-electron chi connectivity index (χ3n) is 5.94. The molecule has 0 amide bonds. The Kier molecular flexibility index (Phi) is 7.80. The number of hydrogen-bond acceptors (Lipinski definition) is 3. The van der Waals surface area contributed by atoms with Crippen molar-refractivity contribution in [3.63, 3.8) is 0 Å². The lowest BCUT2D eigenvalue weighted by Crippen LogP contribution is -2.08. The second-order valence-corrected chi connectivity index (χ2v) is 9.18. The fraction of sp³-hybridized carbons (Fsp3) is 0.345. The van der Waals surface area contributed by atoms with Crippen molar-refractivity contribution in [1.29, 1.82) is 0 Å². The quantitative estimate of drug-likeness (QED) is 0.372. The molecule has 0 aliphatic rings. The Morgan fingerprint density at radius 3 is 1.91 bits per heavy atom. The van der Waals surface area contributed by atoms with Crippen LogP contribution >= 0.6 is 0 Å². The first kappa shape index (κ1) is 24.4. The lowest BCUT2D eigenvalue weighted by molar-refractivity contribution is 0.0693. The van der Waals surface area contributed by atoms with Crippen molar-refractivity contribution in [2.75, 3.05) is 0 Å². The van der Waals surface area contributed by atoms with Gasteiger partial charge in [-0.05, 0) is 65.6 Å². The van der Waals surface area contributed by atoms with E-state index >= 15 is 0 Å². The van der Waals surface area contributed by atoms with Crippen molar-refractivity contribution < 1.29 is 19.4 Å². The van der Waals surface area contributed by atoms with Gasteiger partial charge in [0.2, 0.25) is 0 Å². The van der Waals surface area contributed by atoms with Gasteiger partial charge < -0.3 is 14.6 Å². The summed E-state index contributed by atoms with van der Waals surface area (Å²) in [7, 11) is 0. The van der Waals surface area contributed by atoms with Crippen molar-refractivity contribution in [2.45, 2.75) is 66.6 Å². The molecule has 0 saturated carbocycles. The van der Waals surface area contributed by atoms with Crippen molar-refractivity contribution in [3.8, 4) is 11.5 Å². The van der Waals surface area contributed by atoms with Gasteiger partial charge in [-0.3, -0.25) is 0 Å². The van der Waals surface area contributed by atoms with Crippen molar-refractivity contribution >= 4 is 5.97 Å². The molecule has 0 aliphatic carbocycles. The fourth-order valence-electron chi connectivity index (χ4n) is 4.22. The van der Waals surface area contributed by atoms with Crippen LogP contribution in [0.4, 0.5) is 0 Å². The largest absolute Gasteiger partial charge is 0.489 e. The summed E-state index contributed by atoms with van der Waals surface area (Å²) in [6.45, 7) is 13.5. The Labute approximate surface area is 197 Å². The topological polar surface area (TPSA) is 55.8 Å². The molecule has 4 nitrogen and oxygen atoms in total. The minimum atomic E-state index is -0.941. The molecule has 0 fully saturated rings. The van der Waals surface area contributed by atoms with E-state index in [-0.39, 0.29) is 6.61 Å². The molecule has 3 aromatic carbocycles. The molecule has 1 N–H and O–H groups in total. The van der Waals surface area contributed by atoms with Crippen molar-refractivity contribution in [3.05, 3.63) is 93.5 Å². The zero-order valence-electron chi connectivity index (χ0n) is 20.4. The van der Waals surface area contributed by atoms with Gasteiger partial charge in [-0.25, -0.2) is 4.79 Å². The third kappa shape index (κ3) is 5.95. The molecule has 0 saturated heterocycles. The maximum Gasteiger partial charge on any atom is 0.336 e. The summed E-state index contributed by atoms with van der Waals surface area (Å²) in [6.07, 6.45) is 0. The van der Waals surface area contributed by atoms with Crippen LogP contribution in [0.1, 0.15) is 83.3 Å². The second kappa shape index (κ2) is 10.6. The van der Waals surface area contributed by atoms with Crippen LogP contribution in [0.3, 0.4) is 0 Å². The van der Waals surface area contributed by atoms with Crippen LogP contribution < -0.4 is 9.47 Å². The highest BCUT2D eigenvalue weighted by atomic mass is 16.5. The van der Waals surface area contributed by atoms with Crippen LogP contribution in [-0.2, 0) is 13.2 Å². The summed E-state index contributed by atoms with van der Waals surface area (Å²) in [4.78, 5) is 11.6. The van der Waals surface area contributed by atoms with Crippen LogP contribution in [-0.4, -0.2) is 11.1 Å². The zero-order chi connectivity index (χ0) is 24.1. The summed E-state index contributed by atoms with van der Waals surface area (Å²) < 4.78 is 12.0. The number of rotatable bonds is 9. The first-order chi connectivity index (χ1) is 15.7. The van der Waals surface area contributed by atoms with Crippen molar-refractivity contribution in [2.24, 2.45) is 0 Å². The van der Waals surface area contributed by atoms with Gasteiger partial charge >= 0.3 is 5.97 Å². The van der Waals surface area contributed by atoms with Gasteiger partial charge in [-0.2, -0.15) is 0 Å². The molecule has 4 heteroatoms. The molecule has 3 aromatic rings. The molecule has 0 radical (unpaired) electrons. The lowest BCUT2D eigenvalue weighted by Gasteiger charge is -2.19. The maximum atomic E-state index is 11.6. The van der Waals surface area contributed by atoms with E-state index in [0.29, 0.717) is 35.3 Å². The van der Waals surface area contributed by atoms with E-state index in [9.17, 15) is 9.90 Å². The van der Waals surface area contributed by atoms with E-state index in [1.165, 1.54) is 22.3 Å². The van der Waals surface area contributed by atoms with E-state index in [1.54, 1.807) is 19.1 Å². The average Bonchev–Trinajstić information content (AvgIpc) is 2.75. The molecule has 0 spiro atoms. The molecular formula is C29H34O4. The number of benzene rings is 3. The van der Waals surface area contributed by atoms with Crippen LogP contribution in [0.5, 0.6) is 11.5 Å². The predicted octanol–water partition coefficient (Wildman–Crippen LogP) is 7.41. The predicted molar refractivity (Wildman–Crippen MR) is 133 cm³/mol. The molecule has 0 aliphatic heterocycles. The van der Waals surface area contributed by atoms with E-state index in [0.717, 1.165) is 11.3 Å². The molecular weight excluding hydrogens is 412 g/mol. The molecule has 0 heterocycles. The van der Waals surface area contributed by atoms with Gasteiger partial charge in [0.15, 0.2) is 0 Å². The molecule has 3 rings (SSSR count). The molecule has 174 valence electrons. The summed E-state index contributed by atoms with van der Waals surface area (Å²) >= 11 is 0. The Balaban J connectivity index is 1.74. The summed E-state index contributed by atoms with van der Waals surface area (Å²) in [5.41, 5.74) is 6.86. The average molecular weight is 447 g/mol. The number of ether oxygens (including phenoxy) is 2. The van der Waals surface area contributed by atoms with E-state index in [4.69, 9.17) is 9.47 Å².